The van der Waals surface area contributed by atoms with E-state index < -0.39 is 0 Å². The lowest BCUT2D eigenvalue weighted by Crippen LogP contribution is -2.09. The topological polar surface area (TPSA) is 41.5 Å². The number of hydrogen-bond donors (Lipinski definition) is 2. The van der Waals surface area contributed by atoms with Gasteiger partial charge in [0.25, 0.3) is 5.91 Å². The number of hydrogen-bond acceptors (Lipinski definition) is 4. The SMILES string of the molecule is C=Nc1sc(C(=O)Nc2ccccc2)cc1S. The molecule has 1 aromatic heterocycles. The average Bonchev–Trinajstić information content (AvgIpc) is 2.72. The van der Waals surface area contributed by atoms with Gasteiger partial charge in [-0.15, -0.1) is 24.0 Å². The smallest absolute Gasteiger partial charge is 0.265 e. The molecule has 86 valence electrons. The van der Waals surface area contributed by atoms with Crippen molar-refractivity contribution in [2.24, 2.45) is 4.99 Å². The number of para-hydroxylation sites is 1. The summed E-state index contributed by atoms with van der Waals surface area (Å²) in [6, 6.07) is 11.0. The fourth-order valence-electron chi connectivity index (χ4n) is 1.31. The number of thiophene rings is 1. The minimum Gasteiger partial charge on any atom is -0.321 e. The van der Waals surface area contributed by atoms with Crippen LogP contribution < -0.4 is 5.32 Å². The predicted octanol–water partition coefficient (Wildman–Crippen LogP) is 3.62. The lowest BCUT2D eigenvalue weighted by Gasteiger charge is -2.01. The monoisotopic (exact) mass is 262 g/mol. The molecular weight excluding hydrogens is 252 g/mol. The second-order valence-electron chi connectivity index (χ2n) is 3.28. The van der Waals surface area contributed by atoms with E-state index in [0.717, 1.165) is 5.69 Å². The summed E-state index contributed by atoms with van der Waals surface area (Å²) in [5.41, 5.74) is 0.764. The summed E-state index contributed by atoms with van der Waals surface area (Å²) < 4.78 is 0. The number of aliphatic imine (C=N–C) groups is 1. The molecule has 0 aliphatic rings. The Balaban J connectivity index is 2.17. The molecule has 0 saturated heterocycles. The highest BCUT2D eigenvalue weighted by atomic mass is 32.1. The van der Waals surface area contributed by atoms with Gasteiger partial charge in [-0.05, 0) is 24.9 Å². The second kappa shape index (κ2) is 5.16. The fourth-order valence-corrected chi connectivity index (χ4v) is 2.49. The minimum atomic E-state index is -0.161. The average molecular weight is 262 g/mol. The van der Waals surface area contributed by atoms with Crippen LogP contribution in [-0.4, -0.2) is 12.6 Å². The Morgan fingerprint density at radius 3 is 2.65 bits per heavy atom. The van der Waals surface area contributed by atoms with Crippen molar-refractivity contribution in [3.05, 3.63) is 41.3 Å². The van der Waals surface area contributed by atoms with Crippen LogP contribution in [0.4, 0.5) is 10.7 Å². The number of nitrogens with zero attached hydrogens (tertiary/aromatic N) is 1. The summed E-state index contributed by atoms with van der Waals surface area (Å²) in [6.07, 6.45) is 0. The van der Waals surface area contributed by atoms with E-state index in [9.17, 15) is 4.79 Å². The van der Waals surface area contributed by atoms with Crippen LogP contribution in [0.25, 0.3) is 0 Å². The van der Waals surface area contributed by atoms with Crippen LogP contribution in [0.1, 0.15) is 9.67 Å². The van der Waals surface area contributed by atoms with E-state index in [1.54, 1.807) is 6.07 Å². The van der Waals surface area contributed by atoms with Crippen molar-refractivity contribution in [3.8, 4) is 0 Å². The summed E-state index contributed by atoms with van der Waals surface area (Å²) in [4.78, 5) is 16.9. The van der Waals surface area contributed by atoms with Crippen molar-refractivity contribution in [1.82, 2.24) is 0 Å². The number of thiol groups is 1. The largest absolute Gasteiger partial charge is 0.321 e. The Labute approximate surface area is 109 Å². The van der Waals surface area contributed by atoms with Crippen molar-refractivity contribution in [2.75, 3.05) is 5.32 Å². The Morgan fingerprint density at radius 1 is 1.35 bits per heavy atom. The number of rotatable bonds is 3. The van der Waals surface area contributed by atoms with Crippen LogP contribution in [-0.2, 0) is 0 Å². The molecule has 0 unspecified atom stereocenters. The Bertz CT molecular complexity index is 549. The molecular formula is C12H10N2OS2. The summed E-state index contributed by atoms with van der Waals surface area (Å²) in [7, 11) is 0. The van der Waals surface area contributed by atoms with E-state index in [1.807, 2.05) is 30.3 Å². The first-order valence-electron chi connectivity index (χ1n) is 4.86. The molecule has 0 aliphatic heterocycles. The van der Waals surface area contributed by atoms with Crippen LogP contribution in [0.15, 0.2) is 46.3 Å². The molecule has 1 aromatic carbocycles. The molecule has 0 fully saturated rings. The van der Waals surface area contributed by atoms with E-state index in [2.05, 4.69) is 29.7 Å². The Hall–Kier alpha value is -1.59. The third-order valence-corrected chi connectivity index (χ3v) is 3.65. The first-order chi connectivity index (χ1) is 8.20. The van der Waals surface area contributed by atoms with Gasteiger partial charge < -0.3 is 5.32 Å². The molecule has 17 heavy (non-hydrogen) atoms. The van der Waals surface area contributed by atoms with Crippen molar-refractivity contribution in [3.63, 3.8) is 0 Å². The molecule has 0 radical (unpaired) electrons. The number of nitrogens with one attached hydrogen (secondary N) is 1. The molecule has 2 aromatic rings. The normalized spacial score (nSPS) is 9.94. The molecule has 0 spiro atoms. The zero-order chi connectivity index (χ0) is 12.3. The van der Waals surface area contributed by atoms with Gasteiger partial charge in [0.1, 0.15) is 5.00 Å². The van der Waals surface area contributed by atoms with Crippen molar-refractivity contribution >= 4 is 47.3 Å². The number of amides is 1. The molecule has 1 amide bonds. The fraction of sp³-hybridized carbons (Fsp3) is 0. The molecule has 0 bridgehead atoms. The zero-order valence-corrected chi connectivity index (χ0v) is 10.6. The maximum absolute atomic E-state index is 11.9. The molecule has 0 aliphatic carbocycles. The highest BCUT2D eigenvalue weighted by molar-refractivity contribution is 7.80. The quantitative estimate of drug-likeness (QED) is 0.644. The molecule has 1 N–H and O–H groups in total. The van der Waals surface area contributed by atoms with E-state index in [1.165, 1.54) is 11.3 Å². The van der Waals surface area contributed by atoms with E-state index >= 15 is 0 Å². The van der Waals surface area contributed by atoms with Crippen molar-refractivity contribution < 1.29 is 4.79 Å². The van der Waals surface area contributed by atoms with Crippen LogP contribution in [0, 0.1) is 0 Å². The number of carbonyl (C=O) groups is 1. The molecule has 3 nitrogen and oxygen atoms in total. The van der Waals surface area contributed by atoms with Gasteiger partial charge in [-0.25, -0.2) is 0 Å². The van der Waals surface area contributed by atoms with Crippen LogP contribution in [0.2, 0.25) is 0 Å². The van der Waals surface area contributed by atoms with Crippen LogP contribution in [0.5, 0.6) is 0 Å². The molecule has 0 atom stereocenters. The zero-order valence-electron chi connectivity index (χ0n) is 8.88. The first kappa shape index (κ1) is 11.9. The number of carbonyl (C=O) groups excluding carboxylic acids is 1. The van der Waals surface area contributed by atoms with Gasteiger partial charge in [0.2, 0.25) is 0 Å². The predicted molar refractivity (Wildman–Crippen MR) is 75.2 cm³/mol. The summed E-state index contributed by atoms with van der Waals surface area (Å²) in [6.45, 7) is 3.43. The molecule has 1 heterocycles. The standard InChI is InChI=1S/C12H10N2OS2/c1-13-12-9(16)7-10(17-12)11(15)14-8-5-3-2-4-6-8/h2-7,16H,1H2,(H,14,15). The maximum Gasteiger partial charge on any atom is 0.265 e. The highest BCUT2D eigenvalue weighted by Gasteiger charge is 2.12. The van der Waals surface area contributed by atoms with Gasteiger partial charge in [-0.1, -0.05) is 18.2 Å². The summed E-state index contributed by atoms with van der Waals surface area (Å²) in [5, 5.41) is 3.46. The minimum absolute atomic E-state index is 0.161. The van der Waals surface area contributed by atoms with Gasteiger partial charge in [0.05, 0.1) is 4.88 Å². The van der Waals surface area contributed by atoms with E-state index in [4.69, 9.17) is 0 Å². The highest BCUT2D eigenvalue weighted by Crippen LogP contribution is 2.33. The van der Waals surface area contributed by atoms with Gasteiger partial charge in [-0.2, -0.15) is 0 Å². The summed E-state index contributed by atoms with van der Waals surface area (Å²) >= 11 is 5.49. The van der Waals surface area contributed by atoms with E-state index in [0.29, 0.717) is 14.8 Å². The second-order valence-corrected chi connectivity index (χ2v) is 4.79. The van der Waals surface area contributed by atoms with E-state index in [-0.39, 0.29) is 5.91 Å². The molecule has 5 heteroatoms. The van der Waals surface area contributed by atoms with Crippen LogP contribution in [0.3, 0.4) is 0 Å². The number of benzene rings is 1. The lowest BCUT2D eigenvalue weighted by molar-refractivity contribution is 0.103. The third kappa shape index (κ3) is 2.75. The van der Waals surface area contributed by atoms with Gasteiger partial charge in [0.15, 0.2) is 0 Å². The summed E-state index contributed by atoms with van der Waals surface area (Å²) in [5.74, 6) is -0.161. The Morgan fingerprint density at radius 2 is 2.06 bits per heavy atom. The maximum atomic E-state index is 11.9. The van der Waals surface area contributed by atoms with Crippen molar-refractivity contribution in [1.29, 1.82) is 0 Å². The van der Waals surface area contributed by atoms with Gasteiger partial charge in [0, 0.05) is 10.6 Å². The van der Waals surface area contributed by atoms with Gasteiger partial charge >= 0.3 is 0 Å². The molecule has 2 rings (SSSR count). The lowest BCUT2D eigenvalue weighted by atomic mass is 10.3. The Kier molecular flexibility index (Phi) is 3.61. The molecule has 0 saturated carbocycles. The van der Waals surface area contributed by atoms with Gasteiger partial charge in [-0.3, -0.25) is 9.79 Å². The number of anilines is 1. The van der Waals surface area contributed by atoms with Crippen molar-refractivity contribution in [2.45, 2.75) is 4.90 Å². The first-order valence-corrected chi connectivity index (χ1v) is 6.13. The third-order valence-electron chi connectivity index (χ3n) is 2.09. The van der Waals surface area contributed by atoms with Crippen LogP contribution >= 0.6 is 24.0 Å².